The van der Waals surface area contributed by atoms with Crippen LogP contribution in [-0.4, -0.2) is 17.9 Å². The molecule has 1 aliphatic heterocycles. The topological polar surface area (TPSA) is 58.2 Å². The van der Waals surface area contributed by atoms with E-state index in [0.29, 0.717) is 18.8 Å². The molecule has 1 aromatic rings. The van der Waals surface area contributed by atoms with Gasteiger partial charge in [0.05, 0.1) is 6.04 Å². The summed E-state index contributed by atoms with van der Waals surface area (Å²) in [7, 11) is 0. The smallest absolute Gasteiger partial charge is 0.243 e. The molecule has 0 aromatic heterocycles. The highest BCUT2D eigenvalue weighted by atomic mass is 19.1. The maximum Gasteiger partial charge on any atom is 0.243 e. The van der Waals surface area contributed by atoms with Crippen LogP contribution in [0, 0.1) is 11.7 Å². The lowest BCUT2D eigenvalue weighted by Crippen LogP contribution is -2.45. The third-order valence-corrected chi connectivity index (χ3v) is 4.46. The monoisotopic (exact) mass is 290 g/mol. The van der Waals surface area contributed by atoms with Crippen molar-refractivity contribution in [2.75, 3.05) is 0 Å². The summed E-state index contributed by atoms with van der Waals surface area (Å²) < 4.78 is 13.1. The van der Waals surface area contributed by atoms with E-state index in [1.165, 1.54) is 18.6 Å². The quantitative estimate of drug-likeness (QED) is 0.892. The fraction of sp³-hybridized carbons (Fsp3) is 0.500. The number of hydrogen-bond donors (Lipinski definition) is 2. The van der Waals surface area contributed by atoms with Crippen molar-refractivity contribution in [1.82, 2.24) is 10.6 Å². The number of hydrogen-bond acceptors (Lipinski definition) is 2. The van der Waals surface area contributed by atoms with Gasteiger partial charge in [-0.05, 0) is 42.9 Å². The van der Waals surface area contributed by atoms with Crippen LogP contribution in [0.15, 0.2) is 24.3 Å². The van der Waals surface area contributed by atoms with E-state index in [2.05, 4.69) is 10.6 Å². The fourth-order valence-corrected chi connectivity index (χ4v) is 2.98. The van der Waals surface area contributed by atoms with Crippen molar-refractivity contribution in [3.05, 3.63) is 35.6 Å². The summed E-state index contributed by atoms with van der Waals surface area (Å²) in [6, 6.07) is 5.78. The molecule has 21 heavy (non-hydrogen) atoms. The van der Waals surface area contributed by atoms with Gasteiger partial charge in [0.2, 0.25) is 11.8 Å². The van der Waals surface area contributed by atoms with E-state index in [0.717, 1.165) is 18.4 Å². The number of carbonyl (C=O) groups is 2. The van der Waals surface area contributed by atoms with Gasteiger partial charge in [-0.1, -0.05) is 18.6 Å². The Bertz CT molecular complexity index is 540. The van der Waals surface area contributed by atoms with E-state index in [-0.39, 0.29) is 23.7 Å². The molecule has 5 heteroatoms. The molecule has 1 heterocycles. The number of nitrogens with one attached hydrogen (secondary N) is 2. The van der Waals surface area contributed by atoms with Gasteiger partial charge in [0.15, 0.2) is 0 Å². The number of benzene rings is 1. The molecule has 112 valence electrons. The Kier molecular flexibility index (Phi) is 3.90. The first-order valence-corrected chi connectivity index (χ1v) is 7.48. The molecule has 1 aliphatic carbocycles. The first-order valence-electron chi connectivity index (χ1n) is 7.48. The van der Waals surface area contributed by atoms with E-state index in [1.54, 1.807) is 12.1 Å². The van der Waals surface area contributed by atoms with Crippen LogP contribution in [0.3, 0.4) is 0 Å². The summed E-state index contributed by atoms with van der Waals surface area (Å²) in [5.74, 6) is -0.0868. The lowest BCUT2D eigenvalue weighted by Gasteiger charge is -2.35. The zero-order chi connectivity index (χ0) is 14.8. The zero-order valence-electron chi connectivity index (χ0n) is 11.8. The summed E-state index contributed by atoms with van der Waals surface area (Å²) in [5.41, 5.74) is 0.929. The standard InChI is InChI=1S/C16H19FN2O2/c17-12-6-4-11(5-7-12)15(10-2-1-3-10)19-16(21)13-8-9-14(20)18-13/h4-7,10,13,15H,1-3,8-9H2,(H,18,20)(H,19,21)/t13-,15-/m0/s1. The molecule has 2 fully saturated rings. The average Bonchev–Trinajstić information content (AvgIpc) is 2.83. The molecule has 4 nitrogen and oxygen atoms in total. The predicted molar refractivity (Wildman–Crippen MR) is 75.8 cm³/mol. The molecule has 3 rings (SSSR count). The van der Waals surface area contributed by atoms with Crippen molar-refractivity contribution in [3.63, 3.8) is 0 Å². The van der Waals surface area contributed by atoms with Crippen LogP contribution >= 0.6 is 0 Å². The Morgan fingerprint density at radius 1 is 1.24 bits per heavy atom. The summed E-state index contributed by atoms with van der Waals surface area (Å²) in [6.45, 7) is 0. The molecule has 0 unspecified atom stereocenters. The second-order valence-corrected chi connectivity index (χ2v) is 5.89. The van der Waals surface area contributed by atoms with Crippen molar-refractivity contribution in [2.24, 2.45) is 5.92 Å². The van der Waals surface area contributed by atoms with Gasteiger partial charge >= 0.3 is 0 Å². The molecule has 0 radical (unpaired) electrons. The van der Waals surface area contributed by atoms with Gasteiger partial charge in [0.1, 0.15) is 11.9 Å². The second kappa shape index (κ2) is 5.84. The van der Waals surface area contributed by atoms with Crippen LogP contribution in [0.2, 0.25) is 0 Å². The van der Waals surface area contributed by atoms with Crippen molar-refractivity contribution >= 4 is 11.8 Å². The summed E-state index contributed by atoms with van der Waals surface area (Å²) in [6.07, 6.45) is 4.26. The zero-order valence-corrected chi connectivity index (χ0v) is 11.8. The Morgan fingerprint density at radius 2 is 1.95 bits per heavy atom. The van der Waals surface area contributed by atoms with Gasteiger partial charge in [0.25, 0.3) is 0 Å². The molecule has 1 saturated heterocycles. The largest absolute Gasteiger partial charge is 0.347 e. The van der Waals surface area contributed by atoms with Gasteiger partial charge in [-0.2, -0.15) is 0 Å². The van der Waals surface area contributed by atoms with Crippen molar-refractivity contribution in [2.45, 2.75) is 44.2 Å². The third kappa shape index (κ3) is 3.06. The van der Waals surface area contributed by atoms with Gasteiger partial charge in [-0.25, -0.2) is 4.39 Å². The van der Waals surface area contributed by atoms with Crippen LogP contribution in [0.1, 0.15) is 43.7 Å². The van der Waals surface area contributed by atoms with Crippen LogP contribution in [0.25, 0.3) is 0 Å². The van der Waals surface area contributed by atoms with E-state index >= 15 is 0 Å². The van der Waals surface area contributed by atoms with Crippen LogP contribution in [-0.2, 0) is 9.59 Å². The Morgan fingerprint density at radius 3 is 2.48 bits per heavy atom. The van der Waals surface area contributed by atoms with Crippen molar-refractivity contribution in [1.29, 1.82) is 0 Å². The van der Waals surface area contributed by atoms with E-state index in [4.69, 9.17) is 0 Å². The molecule has 1 aromatic carbocycles. The van der Waals surface area contributed by atoms with Gasteiger partial charge in [0, 0.05) is 6.42 Å². The van der Waals surface area contributed by atoms with E-state index < -0.39 is 6.04 Å². The number of rotatable bonds is 4. The molecular formula is C16H19FN2O2. The normalized spacial score (nSPS) is 23.3. The Labute approximate surface area is 123 Å². The first kappa shape index (κ1) is 14.0. The third-order valence-electron chi connectivity index (χ3n) is 4.46. The molecule has 0 bridgehead atoms. The number of amides is 2. The molecule has 2 amide bonds. The number of halogens is 1. The summed E-state index contributed by atoms with van der Waals surface area (Å²) in [5, 5.41) is 5.72. The van der Waals surface area contributed by atoms with Crippen LogP contribution in [0.4, 0.5) is 4.39 Å². The summed E-state index contributed by atoms with van der Waals surface area (Å²) >= 11 is 0. The van der Waals surface area contributed by atoms with E-state index in [1.807, 2.05) is 0 Å². The second-order valence-electron chi connectivity index (χ2n) is 5.89. The van der Waals surface area contributed by atoms with Crippen LogP contribution < -0.4 is 10.6 Å². The number of carbonyl (C=O) groups excluding carboxylic acids is 2. The fourth-order valence-electron chi connectivity index (χ4n) is 2.98. The Hall–Kier alpha value is -1.91. The minimum Gasteiger partial charge on any atom is -0.347 e. The highest BCUT2D eigenvalue weighted by Gasteiger charge is 2.33. The predicted octanol–water partition coefficient (Wildman–Crippen LogP) is 2.06. The van der Waals surface area contributed by atoms with Gasteiger partial charge in [-0.3, -0.25) is 9.59 Å². The lowest BCUT2D eigenvalue weighted by atomic mass is 9.77. The highest BCUT2D eigenvalue weighted by molar-refractivity contribution is 5.91. The molecule has 1 saturated carbocycles. The molecule has 2 N–H and O–H groups in total. The molecule has 0 spiro atoms. The lowest BCUT2D eigenvalue weighted by molar-refractivity contribution is -0.126. The minimum absolute atomic E-state index is 0.0721. The Balaban J connectivity index is 1.72. The maximum atomic E-state index is 13.1. The van der Waals surface area contributed by atoms with Gasteiger partial charge < -0.3 is 10.6 Å². The van der Waals surface area contributed by atoms with E-state index in [9.17, 15) is 14.0 Å². The minimum atomic E-state index is -0.430. The first-order chi connectivity index (χ1) is 10.1. The van der Waals surface area contributed by atoms with Gasteiger partial charge in [-0.15, -0.1) is 0 Å². The maximum absolute atomic E-state index is 13.1. The SMILES string of the molecule is O=C1CC[C@@H](C(=O)N[C@H](c2ccc(F)cc2)C2CCC2)N1. The summed E-state index contributed by atoms with van der Waals surface area (Å²) in [4.78, 5) is 23.5. The van der Waals surface area contributed by atoms with Crippen LogP contribution in [0.5, 0.6) is 0 Å². The molecule has 2 aliphatic rings. The average molecular weight is 290 g/mol. The van der Waals surface area contributed by atoms with Crippen molar-refractivity contribution < 1.29 is 14.0 Å². The molecule has 2 atom stereocenters. The van der Waals surface area contributed by atoms with Crippen molar-refractivity contribution in [3.8, 4) is 0 Å². The molecular weight excluding hydrogens is 271 g/mol. The highest BCUT2D eigenvalue weighted by Crippen LogP contribution is 2.37.